The number of hydrogen-bond donors (Lipinski definition) is 0. The average Bonchev–Trinajstić information content (AvgIpc) is 2.84. The monoisotopic (exact) mass is 286 g/mol. The van der Waals surface area contributed by atoms with Crippen molar-refractivity contribution in [3.05, 3.63) is 18.0 Å². The van der Waals surface area contributed by atoms with Crippen molar-refractivity contribution >= 4 is 10.0 Å². The van der Waals surface area contributed by atoms with E-state index in [0.717, 1.165) is 12.0 Å². The van der Waals surface area contributed by atoms with Crippen molar-refractivity contribution in [2.75, 3.05) is 26.9 Å². The van der Waals surface area contributed by atoms with E-state index in [4.69, 9.17) is 0 Å². The maximum absolute atomic E-state index is 11.9. The van der Waals surface area contributed by atoms with E-state index in [1.165, 1.54) is 6.26 Å². The second-order valence-electron chi connectivity index (χ2n) is 5.49. The van der Waals surface area contributed by atoms with E-state index >= 15 is 0 Å². The second kappa shape index (κ2) is 5.22. The van der Waals surface area contributed by atoms with E-state index in [2.05, 4.69) is 10.00 Å². The third-order valence-electron chi connectivity index (χ3n) is 3.75. The lowest BCUT2D eigenvalue weighted by Crippen LogP contribution is -2.45. The zero-order valence-corrected chi connectivity index (χ0v) is 12.8. The van der Waals surface area contributed by atoms with Gasteiger partial charge in [-0.05, 0) is 32.5 Å². The van der Waals surface area contributed by atoms with Gasteiger partial charge in [0.25, 0.3) is 0 Å². The lowest BCUT2D eigenvalue weighted by molar-refractivity contribution is 0.237. The molecule has 2 atom stereocenters. The van der Waals surface area contributed by atoms with Crippen molar-refractivity contribution in [3.63, 3.8) is 0 Å². The van der Waals surface area contributed by atoms with Crippen LogP contribution in [0.25, 0.3) is 0 Å². The zero-order valence-electron chi connectivity index (χ0n) is 11.9. The number of sulfonamides is 1. The lowest BCUT2D eigenvalue weighted by atomic mass is 10.0. The molecule has 6 nitrogen and oxygen atoms in total. The Labute approximate surface area is 115 Å². The minimum atomic E-state index is -3.15. The van der Waals surface area contributed by atoms with Crippen molar-refractivity contribution in [1.82, 2.24) is 19.0 Å². The summed E-state index contributed by atoms with van der Waals surface area (Å²) in [5, 5.41) is 4.15. The van der Waals surface area contributed by atoms with Gasteiger partial charge in [0, 0.05) is 31.9 Å². The van der Waals surface area contributed by atoms with Gasteiger partial charge in [-0.25, -0.2) is 8.42 Å². The molecule has 19 heavy (non-hydrogen) atoms. The third kappa shape index (κ3) is 3.16. The summed E-state index contributed by atoms with van der Waals surface area (Å²) in [5.74, 6) is 0. The highest BCUT2D eigenvalue weighted by Gasteiger charge is 2.40. The highest BCUT2D eigenvalue weighted by Crippen LogP contribution is 2.26. The smallest absolute Gasteiger partial charge is 0.211 e. The molecular formula is C12H22N4O2S. The first-order chi connectivity index (χ1) is 8.79. The minimum Gasteiger partial charge on any atom is -0.305 e. The van der Waals surface area contributed by atoms with Gasteiger partial charge in [-0.2, -0.15) is 9.40 Å². The first-order valence-corrected chi connectivity index (χ1v) is 8.24. The number of hydrogen-bond acceptors (Lipinski definition) is 4. The Kier molecular flexibility index (Phi) is 3.98. The molecule has 0 saturated carbocycles. The van der Waals surface area contributed by atoms with Gasteiger partial charge in [-0.1, -0.05) is 0 Å². The van der Waals surface area contributed by atoms with Crippen LogP contribution >= 0.6 is 0 Å². The molecule has 0 aromatic carbocycles. The van der Waals surface area contributed by atoms with Crippen LogP contribution in [-0.2, 0) is 23.5 Å². The quantitative estimate of drug-likeness (QED) is 0.777. The molecule has 108 valence electrons. The molecule has 1 aliphatic rings. The first kappa shape index (κ1) is 14.5. The van der Waals surface area contributed by atoms with Crippen LogP contribution in [0.4, 0.5) is 0 Å². The van der Waals surface area contributed by atoms with Crippen molar-refractivity contribution in [2.45, 2.75) is 24.9 Å². The molecule has 1 saturated heterocycles. The van der Waals surface area contributed by atoms with Gasteiger partial charge >= 0.3 is 0 Å². The molecule has 0 spiro atoms. The van der Waals surface area contributed by atoms with Crippen LogP contribution in [0.5, 0.6) is 0 Å². The summed E-state index contributed by atoms with van der Waals surface area (Å²) >= 11 is 0. The standard InChI is InChI=1S/C12H22N4O2S/c1-14(2)11-5-6-16(19(4,17)18)12(11)7-10-8-13-15(3)9-10/h8-9,11-12H,5-7H2,1-4H3/t11-,12+/m1/s1. The average molecular weight is 286 g/mol. The molecule has 0 N–H and O–H groups in total. The van der Waals surface area contributed by atoms with E-state index in [1.807, 2.05) is 33.5 Å². The molecule has 7 heteroatoms. The second-order valence-corrected chi connectivity index (χ2v) is 7.42. The van der Waals surface area contributed by atoms with Crippen LogP contribution in [0, 0.1) is 0 Å². The third-order valence-corrected chi connectivity index (χ3v) is 5.06. The number of nitrogens with zero attached hydrogens (tertiary/aromatic N) is 4. The van der Waals surface area contributed by atoms with E-state index in [9.17, 15) is 8.42 Å². The minimum absolute atomic E-state index is 0.00537. The molecule has 1 aromatic heterocycles. The van der Waals surface area contributed by atoms with Crippen LogP contribution in [-0.4, -0.2) is 66.4 Å². The molecule has 1 aliphatic heterocycles. The summed E-state index contributed by atoms with van der Waals surface area (Å²) in [7, 11) is 2.73. The largest absolute Gasteiger partial charge is 0.305 e. The van der Waals surface area contributed by atoms with Gasteiger partial charge in [0.1, 0.15) is 0 Å². The molecule has 0 radical (unpaired) electrons. The van der Waals surface area contributed by atoms with Crippen molar-refractivity contribution in [2.24, 2.45) is 7.05 Å². The number of aromatic nitrogens is 2. The Morgan fingerprint density at radius 1 is 1.47 bits per heavy atom. The fraction of sp³-hybridized carbons (Fsp3) is 0.750. The molecule has 2 rings (SSSR count). The summed E-state index contributed by atoms with van der Waals surface area (Å²) < 4.78 is 27.2. The van der Waals surface area contributed by atoms with E-state index < -0.39 is 10.0 Å². The van der Waals surface area contributed by atoms with Crippen LogP contribution in [0.15, 0.2) is 12.4 Å². The fourth-order valence-corrected chi connectivity index (χ4v) is 4.02. The van der Waals surface area contributed by atoms with E-state index in [0.29, 0.717) is 13.0 Å². The van der Waals surface area contributed by atoms with Crippen molar-refractivity contribution < 1.29 is 8.42 Å². The molecule has 0 amide bonds. The van der Waals surface area contributed by atoms with Crippen molar-refractivity contribution in [1.29, 1.82) is 0 Å². The summed E-state index contributed by atoms with van der Waals surface area (Å²) in [6, 6.07) is 0.254. The van der Waals surface area contributed by atoms with Gasteiger partial charge in [-0.3, -0.25) is 4.68 Å². The SMILES string of the molecule is CN(C)[C@@H]1CCN(S(C)(=O)=O)[C@H]1Cc1cnn(C)c1. The zero-order chi connectivity index (χ0) is 14.2. The Hall–Kier alpha value is -0.920. The topological polar surface area (TPSA) is 58.4 Å². The lowest BCUT2D eigenvalue weighted by Gasteiger charge is -2.29. The first-order valence-electron chi connectivity index (χ1n) is 6.40. The normalized spacial score (nSPS) is 25.3. The van der Waals surface area contributed by atoms with Crippen LogP contribution in [0.1, 0.15) is 12.0 Å². The molecular weight excluding hydrogens is 264 g/mol. The maximum atomic E-state index is 11.9. The summed E-state index contributed by atoms with van der Waals surface area (Å²) in [4.78, 5) is 2.12. The maximum Gasteiger partial charge on any atom is 0.211 e. The Morgan fingerprint density at radius 2 is 2.16 bits per heavy atom. The Balaban J connectivity index is 2.24. The number of rotatable bonds is 4. The van der Waals surface area contributed by atoms with Gasteiger partial charge in [0.15, 0.2) is 0 Å². The van der Waals surface area contributed by atoms with Gasteiger partial charge in [0.05, 0.1) is 12.5 Å². The van der Waals surface area contributed by atoms with Gasteiger partial charge in [0.2, 0.25) is 10.0 Å². The van der Waals surface area contributed by atoms with Gasteiger partial charge in [-0.15, -0.1) is 0 Å². The highest BCUT2D eigenvalue weighted by atomic mass is 32.2. The number of aryl methyl sites for hydroxylation is 1. The Bertz CT molecular complexity index is 538. The predicted octanol–water partition coefficient (Wildman–Crippen LogP) is -0.0733. The van der Waals surface area contributed by atoms with Crippen LogP contribution < -0.4 is 0 Å². The summed E-state index contributed by atoms with van der Waals surface area (Å²) in [6.07, 6.45) is 6.65. The van der Waals surface area contributed by atoms with Crippen LogP contribution in [0.3, 0.4) is 0 Å². The van der Waals surface area contributed by atoms with E-state index in [1.54, 1.807) is 8.99 Å². The molecule has 0 bridgehead atoms. The molecule has 2 heterocycles. The number of likely N-dealkylation sites (N-methyl/N-ethyl adjacent to an activating group) is 1. The predicted molar refractivity (Wildman–Crippen MR) is 74.3 cm³/mol. The van der Waals surface area contributed by atoms with E-state index in [-0.39, 0.29) is 12.1 Å². The summed E-state index contributed by atoms with van der Waals surface area (Å²) in [6.45, 7) is 0.604. The highest BCUT2D eigenvalue weighted by molar-refractivity contribution is 7.88. The molecule has 0 aliphatic carbocycles. The summed E-state index contributed by atoms with van der Waals surface area (Å²) in [5.41, 5.74) is 1.08. The van der Waals surface area contributed by atoms with Gasteiger partial charge < -0.3 is 4.90 Å². The Morgan fingerprint density at radius 3 is 2.63 bits per heavy atom. The molecule has 1 fully saturated rings. The molecule has 0 unspecified atom stereocenters. The van der Waals surface area contributed by atoms with Crippen LogP contribution in [0.2, 0.25) is 0 Å². The fourth-order valence-electron chi connectivity index (χ4n) is 2.88. The van der Waals surface area contributed by atoms with Crippen molar-refractivity contribution in [3.8, 4) is 0 Å². The molecule has 1 aromatic rings.